The van der Waals surface area contributed by atoms with E-state index in [4.69, 9.17) is 4.74 Å². The maximum atomic E-state index is 5.45. The lowest BCUT2D eigenvalue weighted by Gasteiger charge is -2.30. The summed E-state index contributed by atoms with van der Waals surface area (Å²) in [6, 6.07) is 6.80. The molecule has 0 spiro atoms. The monoisotopic (exact) mass is 316 g/mol. The molecule has 1 N–H and O–H groups in total. The standard InChI is InChI=1S/C18H28N2OSi/c1-20-11-8-16(9-12-20)19-17-6-7-18(21-2)15(14-17)10-13-22(3,4)5/h6-7,14,16,19H,8-9,11-12H2,1-5H3. The first-order valence-electron chi connectivity index (χ1n) is 8.04. The Kier molecular flexibility index (Phi) is 5.55. The van der Waals surface area contributed by atoms with E-state index in [1.165, 1.54) is 12.8 Å². The molecule has 0 radical (unpaired) electrons. The van der Waals surface area contributed by atoms with Crippen LogP contribution in [0.15, 0.2) is 18.2 Å². The smallest absolute Gasteiger partial charge is 0.134 e. The van der Waals surface area contributed by atoms with Crippen molar-refractivity contribution in [3.05, 3.63) is 23.8 Å². The van der Waals surface area contributed by atoms with Gasteiger partial charge in [-0.15, -0.1) is 5.54 Å². The quantitative estimate of drug-likeness (QED) is 0.683. The molecule has 0 bridgehead atoms. The van der Waals surface area contributed by atoms with Gasteiger partial charge in [0.15, 0.2) is 0 Å². The summed E-state index contributed by atoms with van der Waals surface area (Å²) in [7, 11) is 2.51. The number of hydrogen-bond acceptors (Lipinski definition) is 3. The molecule has 0 amide bonds. The molecule has 1 aliphatic heterocycles. The van der Waals surface area contributed by atoms with Crippen molar-refractivity contribution in [3.8, 4) is 17.2 Å². The van der Waals surface area contributed by atoms with Gasteiger partial charge in [0.25, 0.3) is 0 Å². The van der Waals surface area contributed by atoms with Crippen molar-refractivity contribution in [3.63, 3.8) is 0 Å². The molecule has 4 heteroatoms. The van der Waals surface area contributed by atoms with Crippen LogP contribution >= 0.6 is 0 Å². The van der Waals surface area contributed by atoms with E-state index in [-0.39, 0.29) is 0 Å². The van der Waals surface area contributed by atoms with Crippen LogP contribution in [0.3, 0.4) is 0 Å². The predicted octanol–water partition coefficient (Wildman–Crippen LogP) is 3.43. The minimum atomic E-state index is -1.39. The Morgan fingerprint density at radius 2 is 1.91 bits per heavy atom. The first-order chi connectivity index (χ1) is 10.4. The first-order valence-corrected chi connectivity index (χ1v) is 11.5. The van der Waals surface area contributed by atoms with Crippen LogP contribution in [0.1, 0.15) is 18.4 Å². The number of hydrogen-bond donors (Lipinski definition) is 1. The van der Waals surface area contributed by atoms with Crippen molar-refractivity contribution >= 4 is 13.8 Å². The topological polar surface area (TPSA) is 24.5 Å². The minimum absolute atomic E-state index is 0.558. The highest BCUT2D eigenvalue weighted by Crippen LogP contribution is 2.24. The van der Waals surface area contributed by atoms with Crippen LogP contribution in [0.5, 0.6) is 5.75 Å². The van der Waals surface area contributed by atoms with Gasteiger partial charge in [0.05, 0.1) is 12.7 Å². The summed E-state index contributed by atoms with van der Waals surface area (Å²) in [5.74, 6) is 4.19. The van der Waals surface area contributed by atoms with Crippen molar-refractivity contribution in [2.45, 2.75) is 38.5 Å². The zero-order valence-electron chi connectivity index (χ0n) is 14.5. The lowest BCUT2D eigenvalue weighted by atomic mass is 10.0. The third kappa shape index (κ3) is 5.08. The van der Waals surface area contributed by atoms with Gasteiger partial charge in [0, 0.05) is 11.7 Å². The molecular formula is C18H28N2OSi. The fourth-order valence-corrected chi connectivity index (χ4v) is 3.05. The molecule has 3 nitrogen and oxygen atoms in total. The molecule has 1 fully saturated rings. The molecular weight excluding hydrogens is 288 g/mol. The Balaban J connectivity index is 2.14. The molecule has 22 heavy (non-hydrogen) atoms. The van der Waals surface area contributed by atoms with Gasteiger partial charge in [-0.3, -0.25) is 0 Å². The summed E-state index contributed by atoms with van der Waals surface area (Å²) in [4.78, 5) is 2.39. The highest BCUT2D eigenvalue weighted by molar-refractivity contribution is 6.83. The maximum absolute atomic E-state index is 5.45. The van der Waals surface area contributed by atoms with Crippen LogP contribution in [-0.4, -0.2) is 46.3 Å². The molecule has 1 aliphatic rings. The number of likely N-dealkylation sites (tertiary alicyclic amines) is 1. The van der Waals surface area contributed by atoms with Crippen LogP contribution < -0.4 is 10.1 Å². The van der Waals surface area contributed by atoms with Gasteiger partial charge in [0.1, 0.15) is 13.8 Å². The number of rotatable bonds is 3. The van der Waals surface area contributed by atoms with Crippen molar-refractivity contribution in [2.75, 3.05) is 32.6 Å². The van der Waals surface area contributed by atoms with Gasteiger partial charge in [-0.25, -0.2) is 0 Å². The van der Waals surface area contributed by atoms with E-state index >= 15 is 0 Å². The lowest BCUT2D eigenvalue weighted by molar-refractivity contribution is 0.264. The van der Waals surface area contributed by atoms with Gasteiger partial charge < -0.3 is 15.0 Å². The molecule has 0 atom stereocenters. The molecule has 0 unspecified atom stereocenters. The average Bonchev–Trinajstić information content (AvgIpc) is 2.47. The first kappa shape index (κ1) is 16.9. The number of piperidine rings is 1. The van der Waals surface area contributed by atoms with Gasteiger partial charge in [0.2, 0.25) is 0 Å². The summed E-state index contributed by atoms with van der Waals surface area (Å²) < 4.78 is 5.45. The summed E-state index contributed by atoms with van der Waals surface area (Å²) in [6.07, 6.45) is 2.39. The van der Waals surface area contributed by atoms with Crippen LogP contribution in [0.4, 0.5) is 5.69 Å². The largest absolute Gasteiger partial charge is 0.495 e. The van der Waals surface area contributed by atoms with Crippen molar-refractivity contribution in [1.29, 1.82) is 0 Å². The summed E-state index contributed by atoms with van der Waals surface area (Å²) in [5, 5.41) is 3.65. The van der Waals surface area contributed by atoms with Crippen LogP contribution in [-0.2, 0) is 0 Å². The van der Waals surface area contributed by atoms with E-state index in [0.29, 0.717) is 6.04 Å². The van der Waals surface area contributed by atoms with E-state index < -0.39 is 8.07 Å². The normalized spacial score (nSPS) is 16.8. The molecule has 1 aromatic rings. The SMILES string of the molecule is COc1ccc(NC2CCN(C)CC2)cc1C#C[Si](C)(C)C. The van der Waals surface area contributed by atoms with Gasteiger partial charge in [-0.05, 0) is 51.2 Å². The number of anilines is 1. The Morgan fingerprint density at radius 3 is 2.50 bits per heavy atom. The number of methoxy groups -OCH3 is 1. The molecule has 1 heterocycles. The van der Waals surface area contributed by atoms with E-state index in [1.54, 1.807) is 7.11 Å². The molecule has 120 valence electrons. The summed E-state index contributed by atoms with van der Waals surface area (Å²) >= 11 is 0. The molecule has 2 rings (SSSR count). The minimum Gasteiger partial charge on any atom is -0.495 e. The van der Waals surface area contributed by atoms with Crippen molar-refractivity contribution < 1.29 is 4.74 Å². The highest BCUT2D eigenvalue weighted by Gasteiger charge is 2.16. The maximum Gasteiger partial charge on any atom is 0.134 e. The molecule has 0 aromatic heterocycles. The van der Waals surface area contributed by atoms with E-state index in [2.05, 4.69) is 60.5 Å². The fourth-order valence-electron chi connectivity index (χ4n) is 2.54. The zero-order valence-corrected chi connectivity index (χ0v) is 15.5. The van der Waals surface area contributed by atoms with E-state index in [9.17, 15) is 0 Å². The fraction of sp³-hybridized carbons (Fsp3) is 0.556. The Bertz CT molecular complexity index is 561. The Morgan fingerprint density at radius 1 is 1.23 bits per heavy atom. The Hall–Kier alpha value is -1.44. The Labute approximate surface area is 136 Å². The van der Waals surface area contributed by atoms with Crippen LogP contribution in [0, 0.1) is 11.5 Å². The number of nitrogens with one attached hydrogen (secondary N) is 1. The van der Waals surface area contributed by atoms with Crippen LogP contribution in [0.25, 0.3) is 0 Å². The van der Waals surface area contributed by atoms with E-state index in [0.717, 1.165) is 30.1 Å². The second kappa shape index (κ2) is 7.21. The number of nitrogens with zero attached hydrogens (tertiary/aromatic N) is 1. The molecule has 0 aliphatic carbocycles. The highest BCUT2D eigenvalue weighted by atomic mass is 28.3. The number of benzene rings is 1. The van der Waals surface area contributed by atoms with Crippen molar-refractivity contribution in [2.24, 2.45) is 0 Å². The second-order valence-corrected chi connectivity index (χ2v) is 11.9. The van der Waals surface area contributed by atoms with Crippen molar-refractivity contribution in [1.82, 2.24) is 4.90 Å². The zero-order chi connectivity index (χ0) is 16.2. The summed E-state index contributed by atoms with van der Waals surface area (Å²) in [6.45, 7) is 9.10. The lowest BCUT2D eigenvalue weighted by Crippen LogP contribution is -2.36. The summed E-state index contributed by atoms with van der Waals surface area (Å²) in [5.41, 5.74) is 5.56. The molecule has 0 saturated carbocycles. The predicted molar refractivity (Wildman–Crippen MR) is 97.4 cm³/mol. The third-order valence-corrected chi connectivity index (χ3v) is 4.74. The van der Waals surface area contributed by atoms with Gasteiger partial charge in [-0.2, -0.15) is 0 Å². The molecule has 1 aromatic carbocycles. The second-order valence-electron chi connectivity index (χ2n) is 7.14. The molecule has 1 saturated heterocycles. The van der Waals surface area contributed by atoms with Crippen LogP contribution in [0.2, 0.25) is 19.6 Å². The number of ether oxygens (including phenoxy) is 1. The van der Waals surface area contributed by atoms with E-state index in [1.807, 2.05) is 6.07 Å². The van der Waals surface area contributed by atoms with Gasteiger partial charge in [-0.1, -0.05) is 25.6 Å². The van der Waals surface area contributed by atoms with Gasteiger partial charge >= 0.3 is 0 Å². The third-order valence-electron chi connectivity index (χ3n) is 3.86. The average molecular weight is 317 g/mol.